The highest BCUT2D eigenvalue weighted by Gasteiger charge is 2.33. The largest absolute Gasteiger partial charge is 0.379 e. The highest BCUT2D eigenvalue weighted by atomic mass is 16.5. The summed E-state index contributed by atoms with van der Waals surface area (Å²) in [6.07, 6.45) is 1.00. The van der Waals surface area contributed by atoms with E-state index >= 15 is 0 Å². The normalized spacial score (nSPS) is 13.9. The molecule has 4 nitrogen and oxygen atoms in total. The third-order valence-corrected chi connectivity index (χ3v) is 3.03. The molecule has 0 radical (unpaired) electrons. The second-order valence-electron chi connectivity index (χ2n) is 5.35. The summed E-state index contributed by atoms with van der Waals surface area (Å²) in [6, 6.07) is 12.3. The van der Waals surface area contributed by atoms with Gasteiger partial charge in [0.1, 0.15) is 0 Å². The minimum atomic E-state index is -0.819. The van der Waals surface area contributed by atoms with Gasteiger partial charge >= 0.3 is 0 Å². The van der Waals surface area contributed by atoms with E-state index in [1.165, 1.54) is 0 Å². The lowest BCUT2D eigenvalue weighted by molar-refractivity contribution is 0.0275. The summed E-state index contributed by atoms with van der Waals surface area (Å²) in [6.45, 7) is 8.24. The molecule has 0 heterocycles. The molecular weight excluding hydrogens is 264 g/mol. The summed E-state index contributed by atoms with van der Waals surface area (Å²) < 4.78 is 11.1. The molecule has 116 valence electrons. The van der Waals surface area contributed by atoms with Crippen LogP contribution in [0.3, 0.4) is 0 Å². The van der Waals surface area contributed by atoms with Crippen LogP contribution < -0.4 is 5.32 Å². The number of ether oxygens (including phenoxy) is 2. The van der Waals surface area contributed by atoms with Gasteiger partial charge in [0.25, 0.3) is 0 Å². The van der Waals surface area contributed by atoms with Crippen molar-refractivity contribution in [1.82, 2.24) is 5.32 Å². The zero-order chi connectivity index (χ0) is 15.6. The molecule has 0 saturated carbocycles. The second kappa shape index (κ2) is 9.51. The smallest absolute Gasteiger partial charge is 0.156 e. The van der Waals surface area contributed by atoms with E-state index in [1.54, 1.807) is 0 Å². The Hall–Kier alpha value is -1.41. The molecule has 1 atom stereocenters. The highest BCUT2D eigenvalue weighted by molar-refractivity contribution is 5.31. The Labute approximate surface area is 128 Å². The molecule has 1 rings (SSSR count). The molecule has 21 heavy (non-hydrogen) atoms. The zero-order valence-electron chi connectivity index (χ0n) is 13.3. The number of nitriles is 1. The SMILES string of the molecule is CCCOCCOCC(C#N)(NC(C)C)c1ccccc1. The van der Waals surface area contributed by atoms with Crippen molar-refractivity contribution >= 4 is 0 Å². The molecule has 0 saturated heterocycles. The van der Waals surface area contributed by atoms with E-state index in [0.717, 1.165) is 18.6 Å². The molecule has 0 aromatic heterocycles. The van der Waals surface area contributed by atoms with Crippen LogP contribution in [0.25, 0.3) is 0 Å². The van der Waals surface area contributed by atoms with Crippen molar-refractivity contribution < 1.29 is 9.47 Å². The lowest BCUT2D eigenvalue weighted by Crippen LogP contribution is -2.48. The second-order valence-corrected chi connectivity index (χ2v) is 5.35. The van der Waals surface area contributed by atoms with Crippen LogP contribution in [-0.4, -0.2) is 32.5 Å². The first kappa shape index (κ1) is 17.6. The van der Waals surface area contributed by atoms with Crippen LogP contribution in [0.2, 0.25) is 0 Å². The third-order valence-electron chi connectivity index (χ3n) is 3.03. The van der Waals surface area contributed by atoms with Gasteiger partial charge in [0.15, 0.2) is 5.54 Å². The minimum absolute atomic E-state index is 0.185. The number of nitrogens with one attached hydrogen (secondary N) is 1. The number of hydrogen-bond donors (Lipinski definition) is 1. The van der Waals surface area contributed by atoms with Crippen LogP contribution in [0.4, 0.5) is 0 Å². The van der Waals surface area contributed by atoms with Crippen LogP contribution >= 0.6 is 0 Å². The topological polar surface area (TPSA) is 54.3 Å². The first-order valence-corrected chi connectivity index (χ1v) is 7.54. The van der Waals surface area contributed by atoms with Crippen molar-refractivity contribution in [2.24, 2.45) is 0 Å². The van der Waals surface area contributed by atoms with Crippen molar-refractivity contribution in [2.45, 2.75) is 38.8 Å². The fraction of sp³-hybridized carbons (Fsp3) is 0.588. The van der Waals surface area contributed by atoms with Gasteiger partial charge in [-0.15, -0.1) is 0 Å². The lowest BCUT2D eigenvalue weighted by Gasteiger charge is -2.30. The van der Waals surface area contributed by atoms with Gasteiger partial charge in [-0.1, -0.05) is 37.3 Å². The van der Waals surface area contributed by atoms with E-state index in [0.29, 0.717) is 19.8 Å². The maximum atomic E-state index is 9.70. The van der Waals surface area contributed by atoms with E-state index in [1.807, 2.05) is 44.2 Å². The monoisotopic (exact) mass is 290 g/mol. The number of hydrogen-bond acceptors (Lipinski definition) is 4. The fourth-order valence-corrected chi connectivity index (χ4v) is 2.14. The molecule has 0 aliphatic carbocycles. The molecule has 1 N–H and O–H groups in total. The predicted octanol–water partition coefficient (Wildman–Crippen LogP) is 2.85. The van der Waals surface area contributed by atoms with Crippen molar-refractivity contribution in [1.29, 1.82) is 5.26 Å². The number of rotatable bonds is 10. The first-order chi connectivity index (χ1) is 10.1. The minimum Gasteiger partial charge on any atom is -0.379 e. The van der Waals surface area contributed by atoms with Crippen LogP contribution in [0.15, 0.2) is 30.3 Å². The lowest BCUT2D eigenvalue weighted by atomic mass is 9.91. The summed E-state index contributed by atoms with van der Waals surface area (Å²) in [5, 5.41) is 13.0. The van der Waals surface area contributed by atoms with E-state index in [2.05, 4.69) is 18.3 Å². The zero-order valence-corrected chi connectivity index (χ0v) is 13.3. The molecule has 1 aromatic carbocycles. The van der Waals surface area contributed by atoms with Crippen molar-refractivity contribution in [3.63, 3.8) is 0 Å². The molecule has 1 aromatic rings. The maximum absolute atomic E-state index is 9.70. The third kappa shape index (κ3) is 5.84. The first-order valence-electron chi connectivity index (χ1n) is 7.54. The molecule has 0 aliphatic heterocycles. The van der Waals surface area contributed by atoms with Gasteiger partial charge < -0.3 is 9.47 Å². The summed E-state index contributed by atoms with van der Waals surface area (Å²) >= 11 is 0. The Bertz CT molecular complexity index is 428. The molecule has 0 aliphatic rings. The summed E-state index contributed by atoms with van der Waals surface area (Å²) in [4.78, 5) is 0. The molecule has 0 fully saturated rings. The molecule has 0 bridgehead atoms. The van der Waals surface area contributed by atoms with Gasteiger partial charge in [0, 0.05) is 12.6 Å². The van der Waals surface area contributed by atoms with Gasteiger partial charge in [-0.3, -0.25) is 5.32 Å². The molecule has 4 heteroatoms. The molecule has 0 spiro atoms. The molecular formula is C17H26N2O2. The molecule has 1 unspecified atom stereocenters. The highest BCUT2D eigenvalue weighted by Crippen LogP contribution is 2.21. The van der Waals surface area contributed by atoms with Crippen LogP contribution in [-0.2, 0) is 15.0 Å². The van der Waals surface area contributed by atoms with Crippen molar-refractivity contribution in [3.8, 4) is 6.07 Å². The Morgan fingerprint density at radius 2 is 1.81 bits per heavy atom. The number of benzene rings is 1. The summed E-state index contributed by atoms with van der Waals surface area (Å²) in [7, 11) is 0. The predicted molar refractivity (Wildman–Crippen MR) is 83.9 cm³/mol. The Morgan fingerprint density at radius 1 is 1.14 bits per heavy atom. The van der Waals surface area contributed by atoms with Gasteiger partial charge in [0.2, 0.25) is 0 Å². The van der Waals surface area contributed by atoms with Crippen LogP contribution in [0.5, 0.6) is 0 Å². The van der Waals surface area contributed by atoms with E-state index in [4.69, 9.17) is 9.47 Å². The fourth-order valence-electron chi connectivity index (χ4n) is 2.14. The van der Waals surface area contributed by atoms with Gasteiger partial charge in [0.05, 0.1) is 25.9 Å². The van der Waals surface area contributed by atoms with E-state index in [9.17, 15) is 5.26 Å². The molecule has 0 amide bonds. The average molecular weight is 290 g/mol. The Balaban J connectivity index is 2.67. The maximum Gasteiger partial charge on any atom is 0.156 e. The standard InChI is InChI=1S/C17H26N2O2/c1-4-10-20-11-12-21-14-17(13-18,19-15(2)3)16-8-6-5-7-9-16/h5-9,15,19H,4,10-12,14H2,1-3H3. The van der Waals surface area contributed by atoms with Crippen LogP contribution in [0.1, 0.15) is 32.8 Å². The van der Waals surface area contributed by atoms with Crippen molar-refractivity contribution in [3.05, 3.63) is 35.9 Å². The Morgan fingerprint density at radius 3 is 2.38 bits per heavy atom. The van der Waals surface area contributed by atoms with Gasteiger partial charge in [-0.25, -0.2) is 0 Å². The van der Waals surface area contributed by atoms with Gasteiger partial charge in [-0.05, 0) is 25.8 Å². The average Bonchev–Trinajstić information content (AvgIpc) is 2.50. The summed E-state index contributed by atoms with van der Waals surface area (Å²) in [5.41, 5.74) is 0.107. The van der Waals surface area contributed by atoms with Crippen molar-refractivity contribution in [2.75, 3.05) is 26.4 Å². The Kier molecular flexibility index (Phi) is 7.99. The van der Waals surface area contributed by atoms with E-state index in [-0.39, 0.29) is 6.04 Å². The van der Waals surface area contributed by atoms with Crippen LogP contribution in [0, 0.1) is 11.3 Å². The number of nitrogens with zero attached hydrogens (tertiary/aromatic N) is 1. The van der Waals surface area contributed by atoms with Gasteiger partial charge in [-0.2, -0.15) is 5.26 Å². The quantitative estimate of drug-likeness (QED) is 0.673. The van der Waals surface area contributed by atoms with E-state index < -0.39 is 5.54 Å². The summed E-state index contributed by atoms with van der Waals surface area (Å²) in [5.74, 6) is 0.